The molecule has 0 aromatic carbocycles. The molecule has 0 atom stereocenters. The van der Waals surface area contributed by atoms with Crippen molar-refractivity contribution in [3.63, 3.8) is 0 Å². The molecule has 0 radical (unpaired) electrons. The van der Waals surface area contributed by atoms with Crippen LogP contribution in [0.2, 0.25) is 0 Å². The number of hydrogen-bond donors (Lipinski definition) is 0. The van der Waals surface area contributed by atoms with Gasteiger partial charge in [-0.25, -0.2) is 4.98 Å². The Kier molecular flexibility index (Phi) is 2.93. The molecule has 0 unspecified atom stereocenters. The SMILES string of the molecule is COC(=O)C1(c2nc(C3CCCC3)c(C)s2)CC1. The summed E-state index contributed by atoms with van der Waals surface area (Å²) in [6.07, 6.45) is 6.95. The zero-order chi connectivity index (χ0) is 12.8. The summed E-state index contributed by atoms with van der Waals surface area (Å²) in [6, 6.07) is 0. The molecule has 4 heteroatoms. The molecule has 0 aliphatic heterocycles. The van der Waals surface area contributed by atoms with Crippen molar-refractivity contribution in [2.75, 3.05) is 7.11 Å². The van der Waals surface area contributed by atoms with Gasteiger partial charge in [0.05, 0.1) is 12.8 Å². The van der Waals surface area contributed by atoms with Crippen LogP contribution in [-0.2, 0) is 14.9 Å². The van der Waals surface area contributed by atoms with Crippen LogP contribution in [0.1, 0.15) is 60.0 Å². The van der Waals surface area contributed by atoms with Crippen LogP contribution in [0.4, 0.5) is 0 Å². The Morgan fingerprint density at radius 2 is 2.06 bits per heavy atom. The Labute approximate surface area is 112 Å². The van der Waals surface area contributed by atoms with E-state index in [-0.39, 0.29) is 11.4 Å². The summed E-state index contributed by atoms with van der Waals surface area (Å²) in [5.41, 5.74) is 0.865. The molecule has 1 heterocycles. The van der Waals surface area contributed by atoms with Gasteiger partial charge >= 0.3 is 5.97 Å². The molecule has 18 heavy (non-hydrogen) atoms. The predicted octanol–water partition coefficient (Wildman–Crippen LogP) is 3.31. The van der Waals surface area contributed by atoms with Crippen LogP contribution in [-0.4, -0.2) is 18.1 Å². The average molecular weight is 265 g/mol. The molecule has 0 saturated heterocycles. The minimum Gasteiger partial charge on any atom is -0.468 e. The molecule has 2 aliphatic rings. The van der Waals surface area contributed by atoms with Crippen LogP contribution < -0.4 is 0 Å². The Morgan fingerprint density at radius 1 is 1.39 bits per heavy atom. The van der Waals surface area contributed by atoms with Crippen molar-refractivity contribution in [1.29, 1.82) is 0 Å². The van der Waals surface area contributed by atoms with Crippen LogP contribution in [0.5, 0.6) is 0 Å². The van der Waals surface area contributed by atoms with Crippen molar-refractivity contribution in [1.82, 2.24) is 4.98 Å². The first-order valence-corrected chi connectivity index (χ1v) is 7.55. The molecule has 2 aliphatic carbocycles. The topological polar surface area (TPSA) is 39.2 Å². The molecular formula is C14H19NO2S. The first-order valence-electron chi connectivity index (χ1n) is 6.73. The lowest BCUT2D eigenvalue weighted by molar-refractivity contribution is -0.143. The maximum absolute atomic E-state index is 11.9. The molecular weight excluding hydrogens is 246 g/mol. The highest BCUT2D eigenvalue weighted by molar-refractivity contribution is 7.12. The van der Waals surface area contributed by atoms with Crippen LogP contribution in [0.15, 0.2) is 0 Å². The molecule has 98 valence electrons. The third-order valence-corrected chi connectivity index (χ3v) is 5.50. The molecule has 1 aromatic rings. The molecule has 1 aromatic heterocycles. The standard InChI is InChI=1S/C14H19NO2S/c1-9-11(10-5-3-4-6-10)15-12(18-9)14(7-8-14)13(16)17-2/h10H,3-8H2,1-2H3. The summed E-state index contributed by atoms with van der Waals surface area (Å²) in [6.45, 7) is 2.14. The van der Waals surface area contributed by atoms with E-state index >= 15 is 0 Å². The highest BCUT2D eigenvalue weighted by atomic mass is 32.1. The van der Waals surface area contributed by atoms with Crippen molar-refractivity contribution < 1.29 is 9.53 Å². The minimum atomic E-state index is -0.388. The van der Waals surface area contributed by atoms with Gasteiger partial charge in [-0.05, 0) is 32.6 Å². The fraction of sp³-hybridized carbons (Fsp3) is 0.714. The number of esters is 1. The van der Waals surface area contributed by atoms with Crippen molar-refractivity contribution in [3.05, 3.63) is 15.6 Å². The van der Waals surface area contributed by atoms with E-state index in [1.54, 1.807) is 11.3 Å². The summed E-state index contributed by atoms with van der Waals surface area (Å²) in [5.74, 6) is 0.526. The van der Waals surface area contributed by atoms with Gasteiger partial charge < -0.3 is 4.74 Å². The largest absolute Gasteiger partial charge is 0.468 e. The fourth-order valence-electron chi connectivity index (χ4n) is 3.02. The van der Waals surface area contributed by atoms with Crippen molar-refractivity contribution in [2.45, 2.75) is 56.8 Å². The van der Waals surface area contributed by atoms with Crippen LogP contribution in [0.3, 0.4) is 0 Å². The summed E-state index contributed by atoms with van der Waals surface area (Å²) >= 11 is 1.70. The molecule has 2 saturated carbocycles. The molecule has 3 rings (SSSR count). The first kappa shape index (κ1) is 12.2. The van der Waals surface area contributed by atoms with E-state index in [9.17, 15) is 4.79 Å². The normalized spacial score (nSPS) is 22.1. The molecule has 0 N–H and O–H groups in total. The number of thiazole rings is 1. The predicted molar refractivity (Wildman–Crippen MR) is 71.0 cm³/mol. The maximum atomic E-state index is 11.9. The van der Waals surface area contributed by atoms with Gasteiger partial charge in [-0.1, -0.05) is 12.8 Å². The second kappa shape index (κ2) is 4.34. The van der Waals surface area contributed by atoms with Gasteiger partial charge in [0.2, 0.25) is 0 Å². The quantitative estimate of drug-likeness (QED) is 0.787. The van der Waals surface area contributed by atoms with Gasteiger partial charge in [-0.2, -0.15) is 0 Å². The molecule has 3 nitrogen and oxygen atoms in total. The number of nitrogens with zero attached hydrogens (tertiary/aromatic N) is 1. The maximum Gasteiger partial charge on any atom is 0.318 e. The van der Waals surface area contributed by atoms with E-state index in [4.69, 9.17) is 9.72 Å². The van der Waals surface area contributed by atoms with Crippen molar-refractivity contribution in [3.8, 4) is 0 Å². The van der Waals surface area contributed by atoms with Crippen molar-refractivity contribution >= 4 is 17.3 Å². The van der Waals surface area contributed by atoms with Crippen LogP contribution in [0.25, 0.3) is 0 Å². The second-order valence-electron chi connectivity index (χ2n) is 5.52. The van der Waals surface area contributed by atoms with Gasteiger partial charge in [0.25, 0.3) is 0 Å². The van der Waals surface area contributed by atoms with Gasteiger partial charge in [0.1, 0.15) is 10.4 Å². The number of methoxy groups -OCH3 is 1. The number of carbonyl (C=O) groups is 1. The van der Waals surface area contributed by atoms with E-state index in [0.29, 0.717) is 5.92 Å². The van der Waals surface area contributed by atoms with Gasteiger partial charge in [-0.15, -0.1) is 11.3 Å². The van der Waals surface area contributed by atoms with Gasteiger partial charge in [0.15, 0.2) is 0 Å². The van der Waals surface area contributed by atoms with E-state index in [1.807, 2.05) is 0 Å². The molecule has 2 fully saturated rings. The van der Waals surface area contributed by atoms with E-state index < -0.39 is 0 Å². The lowest BCUT2D eigenvalue weighted by Crippen LogP contribution is -2.21. The lowest BCUT2D eigenvalue weighted by Gasteiger charge is -2.09. The Balaban J connectivity index is 1.90. The summed E-state index contributed by atoms with van der Waals surface area (Å²) in [7, 11) is 1.47. The minimum absolute atomic E-state index is 0.103. The zero-order valence-corrected chi connectivity index (χ0v) is 11.8. The molecule has 0 bridgehead atoms. The Hall–Kier alpha value is -0.900. The van der Waals surface area contributed by atoms with Gasteiger partial charge in [0, 0.05) is 10.8 Å². The number of rotatable bonds is 3. The fourth-order valence-corrected chi connectivity index (χ4v) is 4.25. The third-order valence-electron chi connectivity index (χ3n) is 4.31. The van der Waals surface area contributed by atoms with E-state index in [1.165, 1.54) is 43.4 Å². The highest BCUT2D eigenvalue weighted by Gasteiger charge is 2.55. The van der Waals surface area contributed by atoms with Gasteiger partial charge in [-0.3, -0.25) is 4.79 Å². The third kappa shape index (κ3) is 1.78. The molecule has 0 spiro atoms. The zero-order valence-electron chi connectivity index (χ0n) is 11.0. The van der Waals surface area contributed by atoms with Crippen LogP contribution in [0, 0.1) is 6.92 Å². The smallest absolute Gasteiger partial charge is 0.318 e. The molecule has 0 amide bonds. The highest BCUT2D eigenvalue weighted by Crippen LogP contribution is 2.51. The number of ether oxygens (including phenoxy) is 1. The summed E-state index contributed by atoms with van der Waals surface area (Å²) < 4.78 is 4.93. The Bertz CT molecular complexity index is 470. The first-order chi connectivity index (χ1) is 8.67. The van der Waals surface area contributed by atoms with Crippen molar-refractivity contribution in [2.24, 2.45) is 0 Å². The van der Waals surface area contributed by atoms with Crippen LogP contribution >= 0.6 is 11.3 Å². The van der Waals surface area contributed by atoms with E-state index in [0.717, 1.165) is 17.8 Å². The number of aryl methyl sites for hydroxylation is 1. The lowest BCUT2D eigenvalue weighted by atomic mass is 10.0. The Morgan fingerprint density at radius 3 is 2.61 bits per heavy atom. The number of aromatic nitrogens is 1. The number of hydrogen-bond acceptors (Lipinski definition) is 4. The summed E-state index contributed by atoms with van der Waals surface area (Å²) in [5, 5.41) is 0.994. The second-order valence-corrected chi connectivity index (χ2v) is 6.72. The monoisotopic (exact) mass is 265 g/mol. The van der Waals surface area contributed by atoms with E-state index in [2.05, 4.69) is 6.92 Å². The average Bonchev–Trinajstić information content (AvgIpc) is 2.83. The summed E-state index contributed by atoms with van der Waals surface area (Å²) in [4.78, 5) is 18.0. The number of carbonyl (C=O) groups excluding carboxylic acids is 1.